The SMILES string of the molecule is Cc1ccn2nc(C(C)Nc3ncnc(N)c3-c3cc(O)c(F)c(F)c3)n(-c3ccccc3)c(=O)c12. The lowest BCUT2D eigenvalue weighted by Gasteiger charge is -2.21. The summed E-state index contributed by atoms with van der Waals surface area (Å²) in [6.07, 6.45) is 2.92. The average Bonchev–Trinajstić information content (AvgIpc) is 3.23. The van der Waals surface area contributed by atoms with Gasteiger partial charge in [-0.15, -0.1) is 0 Å². The molecule has 0 bridgehead atoms. The summed E-state index contributed by atoms with van der Waals surface area (Å²) in [5, 5.41) is 17.7. The van der Waals surface area contributed by atoms with Gasteiger partial charge >= 0.3 is 0 Å². The molecule has 5 rings (SSSR count). The van der Waals surface area contributed by atoms with Crippen LogP contribution in [0.15, 0.2) is 65.8 Å². The number of halogens is 2. The van der Waals surface area contributed by atoms with Crippen molar-refractivity contribution in [1.82, 2.24) is 24.1 Å². The predicted octanol–water partition coefficient (Wildman–Crippen LogP) is 3.99. The van der Waals surface area contributed by atoms with Crippen molar-refractivity contribution in [2.24, 2.45) is 0 Å². The summed E-state index contributed by atoms with van der Waals surface area (Å²) in [5.74, 6) is -2.97. The molecule has 0 spiro atoms. The third kappa shape index (κ3) is 3.80. The monoisotopic (exact) mass is 489 g/mol. The lowest BCUT2D eigenvalue weighted by atomic mass is 10.1. The molecule has 0 saturated heterocycles. The Morgan fingerprint density at radius 2 is 1.86 bits per heavy atom. The van der Waals surface area contributed by atoms with E-state index in [1.165, 1.54) is 15.4 Å². The Balaban J connectivity index is 1.66. The van der Waals surface area contributed by atoms with Gasteiger partial charge in [-0.1, -0.05) is 18.2 Å². The van der Waals surface area contributed by atoms with Crippen molar-refractivity contribution in [3.8, 4) is 22.6 Å². The fraction of sp³-hybridized carbons (Fsp3) is 0.120. The molecule has 0 radical (unpaired) electrons. The lowest BCUT2D eigenvalue weighted by molar-refractivity contribution is 0.407. The van der Waals surface area contributed by atoms with Crippen molar-refractivity contribution >= 4 is 17.2 Å². The number of fused-ring (bicyclic) bond motifs is 1. The third-order valence-corrected chi connectivity index (χ3v) is 5.84. The van der Waals surface area contributed by atoms with Crippen molar-refractivity contribution in [2.75, 3.05) is 11.1 Å². The van der Waals surface area contributed by atoms with Crippen molar-refractivity contribution in [3.63, 3.8) is 0 Å². The summed E-state index contributed by atoms with van der Waals surface area (Å²) < 4.78 is 30.8. The average molecular weight is 489 g/mol. The third-order valence-electron chi connectivity index (χ3n) is 5.84. The van der Waals surface area contributed by atoms with E-state index in [0.29, 0.717) is 17.0 Å². The van der Waals surface area contributed by atoms with Gasteiger partial charge in [-0.25, -0.2) is 18.9 Å². The Morgan fingerprint density at radius 1 is 1.11 bits per heavy atom. The van der Waals surface area contributed by atoms with Crippen LogP contribution >= 0.6 is 0 Å². The normalized spacial score (nSPS) is 12.1. The van der Waals surface area contributed by atoms with Gasteiger partial charge in [0, 0.05) is 6.20 Å². The number of aryl methyl sites for hydroxylation is 1. The number of para-hydroxylation sites is 1. The lowest BCUT2D eigenvalue weighted by Crippen LogP contribution is -2.29. The molecule has 3 heterocycles. The van der Waals surface area contributed by atoms with Gasteiger partial charge in [0.1, 0.15) is 23.5 Å². The maximum absolute atomic E-state index is 14.1. The standard InChI is InChI=1S/C25H21F2N7O2/c1-13-8-9-33-21(13)25(36)34(16-6-4-3-5-7-16)24(32-33)14(2)31-23-19(22(28)29-12-30-23)15-10-17(26)20(27)18(35)11-15/h3-12,14,35H,1-2H3,(H3,28,29,30,31). The number of aromatic nitrogens is 5. The fourth-order valence-corrected chi connectivity index (χ4v) is 4.12. The van der Waals surface area contributed by atoms with Crippen molar-refractivity contribution in [3.05, 3.63) is 94.4 Å². The molecule has 1 unspecified atom stereocenters. The largest absolute Gasteiger partial charge is 0.505 e. The number of nitrogens with two attached hydrogens (primary N) is 1. The number of hydrogen-bond acceptors (Lipinski definition) is 7. The number of nitrogens with zero attached hydrogens (tertiary/aromatic N) is 5. The van der Waals surface area contributed by atoms with Gasteiger partial charge in [0.15, 0.2) is 23.2 Å². The number of benzene rings is 2. The molecule has 11 heteroatoms. The molecule has 0 fully saturated rings. The second-order valence-electron chi connectivity index (χ2n) is 8.27. The predicted molar refractivity (Wildman–Crippen MR) is 131 cm³/mol. The second kappa shape index (κ2) is 8.77. The number of nitrogens with one attached hydrogen (secondary N) is 1. The van der Waals surface area contributed by atoms with Crippen LogP contribution in [0.5, 0.6) is 5.75 Å². The fourth-order valence-electron chi connectivity index (χ4n) is 4.12. The molecule has 3 aromatic heterocycles. The van der Waals surface area contributed by atoms with Crippen LogP contribution in [0.2, 0.25) is 0 Å². The van der Waals surface area contributed by atoms with E-state index >= 15 is 0 Å². The van der Waals surface area contributed by atoms with Gasteiger partial charge in [-0.2, -0.15) is 9.49 Å². The van der Waals surface area contributed by atoms with Crippen LogP contribution in [0.25, 0.3) is 22.3 Å². The molecule has 0 aliphatic rings. The number of rotatable bonds is 5. The van der Waals surface area contributed by atoms with Gasteiger partial charge in [-0.05, 0) is 55.3 Å². The molecule has 0 amide bonds. The van der Waals surface area contributed by atoms with Gasteiger partial charge in [-0.3, -0.25) is 9.36 Å². The molecule has 36 heavy (non-hydrogen) atoms. The number of nitrogen functional groups attached to an aromatic ring is 1. The van der Waals surface area contributed by atoms with Crippen LogP contribution in [0.1, 0.15) is 24.4 Å². The van der Waals surface area contributed by atoms with E-state index in [0.717, 1.165) is 17.7 Å². The van der Waals surface area contributed by atoms with E-state index in [9.17, 15) is 18.7 Å². The minimum atomic E-state index is -1.37. The second-order valence-corrected chi connectivity index (χ2v) is 8.27. The van der Waals surface area contributed by atoms with E-state index in [1.807, 2.05) is 25.1 Å². The first-order valence-corrected chi connectivity index (χ1v) is 11.0. The summed E-state index contributed by atoms with van der Waals surface area (Å²) >= 11 is 0. The summed E-state index contributed by atoms with van der Waals surface area (Å²) in [6, 6.07) is 12.2. The van der Waals surface area contributed by atoms with Crippen LogP contribution in [0.3, 0.4) is 0 Å². The molecule has 1 atom stereocenters. The number of hydrogen-bond donors (Lipinski definition) is 3. The Morgan fingerprint density at radius 3 is 2.58 bits per heavy atom. The molecule has 5 aromatic rings. The zero-order chi connectivity index (χ0) is 25.6. The van der Waals surface area contributed by atoms with Crippen molar-refractivity contribution in [2.45, 2.75) is 19.9 Å². The first kappa shape index (κ1) is 23.0. The quantitative estimate of drug-likeness (QED) is 0.341. The molecule has 0 saturated carbocycles. The smallest absolute Gasteiger partial charge is 0.282 e. The van der Waals surface area contributed by atoms with E-state index in [2.05, 4.69) is 20.4 Å². The van der Waals surface area contributed by atoms with Crippen LogP contribution < -0.4 is 16.6 Å². The molecule has 2 aromatic carbocycles. The highest BCUT2D eigenvalue weighted by atomic mass is 19.2. The molecule has 182 valence electrons. The van der Waals surface area contributed by atoms with Gasteiger partial charge in [0.2, 0.25) is 0 Å². The summed E-state index contributed by atoms with van der Waals surface area (Å²) in [4.78, 5) is 21.7. The first-order valence-electron chi connectivity index (χ1n) is 11.0. The van der Waals surface area contributed by atoms with Crippen LogP contribution in [-0.4, -0.2) is 29.3 Å². The molecule has 4 N–H and O–H groups in total. The Hall–Kier alpha value is -4.80. The number of phenolic OH excluding ortho intramolecular Hbond substituents is 1. The molecular weight excluding hydrogens is 468 g/mol. The summed E-state index contributed by atoms with van der Waals surface area (Å²) in [7, 11) is 0. The maximum atomic E-state index is 14.1. The highest BCUT2D eigenvalue weighted by molar-refractivity contribution is 5.84. The van der Waals surface area contributed by atoms with Crippen LogP contribution in [0.4, 0.5) is 20.4 Å². The highest BCUT2D eigenvalue weighted by Crippen LogP contribution is 2.36. The zero-order valence-electron chi connectivity index (χ0n) is 19.3. The minimum Gasteiger partial charge on any atom is -0.505 e. The first-order chi connectivity index (χ1) is 17.3. The molecule has 0 aliphatic carbocycles. The Labute approximate surface area is 203 Å². The van der Waals surface area contributed by atoms with E-state index in [1.54, 1.807) is 31.3 Å². The Kier molecular flexibility index (Phi) is 5.59. The van der Waals surface area contributed by atoms with Crippen LogP contribution in [0, 0.1) is 18.6 Å². The number of anilines is 2. The van der Waals surface area contributed by atoms with E-state index < -0.39 is 23.4 Å². The number of aromatic hydroxyl groups is 1. The molecular formula is C25H21F2N7O2. The van der Waals surface area contributed by atoms with Crippen molar-refractivity contribution < 1.29 is 13.9 Å². The zero-order valence-corrected chi connectivity index (χ0v) is 19.3. The molecule has 0 aliphatic heterocycles. The molecule has 9 nitrogen and oxygen atoms in total. The highest BCUT2D eigenvalue weighted by Gasteiger charge is 2.23. The van der Waals surface area contributed by atoms with Gasteiger partial charge < -0.3 is 16.2 Å². The topological polar surface area (TPSA) is 123 Å². The number of phenols is 1. The summed E-state index contributed by atoms with van der Waals surface area (Å²) in [6.45, 7) is 3.61. The van der Waals surface area contributed by atoms with E-state index in [4.69, 9.17) is 5.73 Å². The van der Waals surface area contributed by atoms with Crippen molar-refractivity contribution in [1.29, 1.82) is 0 Å². The minimum absolute atomic E-state index is 0.0185. The van der Waals surface area contributed by atoms with Gasteiger partial charge in [0.25, 0.3) is 5.56 Å². The Bertz CT molecular complexity index is 1640. The van der Waals surface area contributed by atoms with Crippen LogP contribution in [-0.2, 0) is 0 Å². The maximum Gasteiger partial charge on any atom is 0.282 e. The van der Waals surface area contributed by atoms with Gasteiger partial charge in [0.05, 0.1) is 17.3 Å². The van der Waals surface area contributed by atoms with E-state index in [-0.39, 0.29) is 28.3 Å². The summed E-state index contributed by atoms with van der Waals surface area (Å²) in [5.41, 5.74) is 7.89.